The molecule has 1 aliphatic rings. The van der Waals surface area contributed by atoms with E-state index in [-0.39, 0.29) is 6.10 Å². The highest BCUT2D eigenvalue weighted by molar-refractivity contribution is 5.43. The Morgan fingerprint density at radius 3 is 2.78 bits per heavy atom. The van der Waals surface area contributed by atoms with Gasteiger partial charge in [-0.2, -0.15) is 5.26 Å². The fraction of sp³-hybridized carbons (Fsp3) is 0.600. The summed E-state index contributed by atoms with van der Waals surface area (Å²) in [7, 11) is 0. The van der Waals surface area contributed by atoms with Gasteiger partial charge in [0.15, 0.2) is 0 Å². The molecule has 3 nitrogen and oxygen atoms in total. The zero-order valence-corrected chi connectivity index (χ0v) is 11.3. The van der Waals surface area contributed by atoms with Crippen molar-refractivity contribution < 1.29 is 4.74 Å². The van der Waals surface area contributed by atoms with Gasteiger partial charge in [-0.15, -0.1) is 0 Å². The first-order valence-corrected chi connectivity index (χ1v) is 6.64. The van der Waals surface area contributed by atoms with Crippen LogP contribution in [0.15, 0.2) is 12.3 Å². The second kappa shape index (κ2) is 5.39. The van der Waals surface area contributed by atoms with E-state index in [1.165, 1.54) is 6.42 Å². The Hall–Kier alpha value is -1.56. The molecule has 0 amide bonds. The van der Waals surface area contributed by atoms with Crippen LogP contribution in [-0.2, 0) is 0 Å². The summed E-state index contributed by atoms with van der Waals surface area (Å²) >= 11 is 0. The zero-order chi connectivity index (χ0) is 13.1. The first-order valence-electron chi connectivity index (χ1n) is 6.64. The normalized spacial score (nSPS) is 27.6. The lowest BCUT2D eigenvalue weighted by Gasteiger charge is -2.32. The van der Waals surface area contributed by atoms with Gasteiger partial charge in [0.1, 0.15) is 17.7 Å². The van der Waals surface area contributed by atoms with Gasteiger partial charge < -0.3 is 4.74 Å². The van der Waals surface area contributed by atoms with Crippen LogP contribution in [-0.4, -0.2) is 11.1 Å². The van der Waals surface area contributed by atoms with E-state index in [1.807, 2.05) is 13.0 Å². The van der Waals surface area contributed by atoms with Gasteiger partial charge in [-0.1, -0.05) is 13.8 Å². The van der Waals surface area contributed by atoms with Crippen LogP contribution >= 0.6 is 0 Å². The molecule has 1 fully saturated rings. The fourth-order valence-corrected chi connectivity index (χ4v) is 2.52. The number of hydrogen-bond acceptors (Lipinski definition) is 3. The molecule has 1 aromatic rings. The number of nitrogens with zero attached hydrogens (tertiary/aromatic N) is 2. The molecule has 1 saturated carbocycles. The summed E-state index contributed by atoms with van der Waals surface area (Å²) in [5.41, 5.74) is 1.50. The molecular formula is C15H20N2O. The molecule has 3 heteroatoms. The van der Waals surface area contributed by atoms with E-state index in [0.717, 1.165) is 24.3 Å². The van der Waals surface area contributed by atoms with E-state index >= 15 is 0 Å². The van der Waals surface area contributed by atoms with Crippen molar-refractivity contribution >= 4 is 0 Å². The molecule has 0 N–H and O–H groups in total. The van der Waals surface area contributed by atoms with E-state index in [4.69, 9.17) is 10.00 Å². The molecule has 1 aromatic heterocycles. The largest absolute Gasteiger partial charge is 0.473 e. The van der Waals surface area contributed by atoms with Crippen molar-refractivity contribution in [3.8, 4) is 11.9 Å². The fourth-order valence-electron chi connectivity index (χ4n) is 2.52. The Kier molecular flexibility index (Phi) is 3.86. The van der Waals surface area contributed by atoms with E-state index < -0.39 is 0 Å². The van der Waals surface area contributed by atoms with Gasteiger partial charge in [0.2, 0.25) is 5.88 Å². The highest BCUT2D eigenvalue weighted by Crippen LogP contribution is 2.32. The molecule has 0 spiro atoms. The quantitative estimate of drug-likeness (QED) is 0.800. The maximum atomic E-state index is 9.15. The number of hydrogen-bond donors (Lipinski definition) is 0. The van der Waals surface area contributed by atoms with Gasteiger partial charge in [-0.25, -0.2) is 4.98 Å². The zero-order valence-electron chi connectivity index (χ0n) is 11.3. The average molecular weight is 244 g/mol. The molecule has 1 heterocycles. The smallest absolute Gasteiger partial charge is 0.232 e. The van der Waals surface area contributed by atoms with E-state index in [9.17, 15) is 0 Å². The van der Waals surface area contributed by atoms with Gasteiger partial charge >= 0.3 is 0 Å². The van der Waals surface area contributed by atoms with Crippen LogP contribution in [0, 0.1) is 30.1 Å². The Morgan fingerprint density at radius 1 is 1.33 bits per heavy atom. The lowest BCUT2D eigenvalue weighted by molar-refractivity contribution is 0.0961. The van der Waals surface area contributed by atoms with Crippen molar-refractivity contribution in [3.63, 3.8) is 0 Å². The second-order valence-corrected chi connectivity index (χ2v) is 5.43. The Bertz CT molecular complexity index is 464. The summed E-state index contributed by atoms with van der Waals surface area (Å²) in [6.07, 6.45) is 5.23. The van der Waals surface area contributed by atoms with Gasteiger partial charge in [-0.05, 0) is 49.7 Å². The van der Waals surface area contributed by atoms with Crippen LogP contribution in [0.4, 0.5) is 0 Å². The number of aromatic nitrogens is 1. The predicted molar refractivity (Wildman–Crippen MR) is 70.3 cm³/mol. The molecule has 18 heavy (non-hydrogen) atoms. The van der Waals surface area contributed by atoms with Gasteiger partial charge in [0.25, 0.3) is 0 Å². The molecule has 0 aliphatic heterocycles. The maximum absolute atomic E-state index is 9.15. The minimum absolute atomic E-state index is 0.206. The summed E-state index contributed by atoms with van der Waals surface area (Å²) < 4.78 is 5.94. The predicted octanol–water partition coefficient (Wildman–Crippen LogP) is 3.47. The lowest BCUT2D eigenvalue weighted by Crippen LogP contribution is -2.29. The minimum Gasteiger partial charge on any atom is -0.473 e. The van der Waals surface area contributed by atoms with Crippen LogP contribution in [0.25, 0.3) is 0 Å². The monoisotopic (exact) mass is 244 g/mol. The number of ether oxygens (including phenoxy) is 1. The Labute approximate surface area is 109 Å². The second-order valence-electron chi connectivity index (χ2n) is 5.43. The van der Waals surface area contributed by atoms with Crippen molar-refractivity contribution in [1.29, 1.82) is 5.26 Å². The van der Waals surface area contributed by atoms with Gasteiger partial charge in [-0.3, -0.25) is 0 Å². The van der Waals surface area contributed by atoms with E-state index in [2.05, 4.69) is 24.9 Å². The maximum Gasteiger partial charge on any atom is 0.232 e. The van der Waals surface area contributed by atoms with Crippen LogP contribution in [0.1, 0.15) is 44.2 Å². The highest BCUT2D eigenvalue weighted by atomic mass is 16.5. The molecule has 0 radical (unpaired) electrons. The van der Waals surface area contributed by atoms with Crippen LogP contribution in [0.2, 0.25) is 0 Å². The third kappa shape index (κ3) is 2.64. The summed E-state index contributed by atoms with van der Waals surface area (Å²) in [6.45, 7) is 6.49. The van der Waals surface area contributed by atoms with Crippen molar-refractivity contribution in [2.75, 3.05) is 0 Å². The minimum atomic E-state index is 0.206. The van der Waals surface area contributed by atoms with Gasteiger partial charge in [0, 0.05) is 6.20 Å². The van der Waals surface area contributed by atoms with E-state index in [1.54, 1.807) is 6.20 Å². The van der Waals surface area contributed by atoms with Crippen molar-refractivity contribution in [1.82, 2.24) is 4.98 Å². The summed E-state index contributed by atoms with van der Waals surface area (Å²) in [4.78, 5) is 4.20. The van der Waals surface area contributed by atoms with Crippen LogP contribution in [0.3, 0.4) is 0 Å². The summed E-state index contributed by atoms with van der Waals surface area (Å²) in [6, 6.07) is 4.03. The Morgan fingerprint density at radius 2 is 2.11 bits per heavy atom. The first-order chi connectivity index (χ1) is 8.61. The molecule has 0 bridgehead atoms. The molecule has 3 atom stereocenters. The van der Waals surface area contributed by atoms with Crippen LogP contribution < -0.4 is 4.74 Å². The molecule has 1 aliphatic carbocycles. The number of nitriles is 1. The lowest BCUT2D eigenvalue weighted by atomic mass is 9.80. The van der Waals surface area contributed by atoms with Crippen LogP contribution in [0.5, 0.6) is 5.88 Å². The van der Waals surface area contributed by atoms with Crippen molar-refractivity contribution in [2.24, 2.45) is 11.8 Å². The average Bonchev–Trinajstić information content (AvgIpc) is 2.34. The molecule has 96 valence electrons. The topological polar surface area (TPSA) is 45.9 Å². The number of pyridine rings is 1. The number of aryl methyl sites for hydroxylation is 1. The molecular weight excluding hydrogens is 224 g/mol. The highest BCUT2D eigenvalue weighted by Gasteiger charge is 2.26. The molecule has 3 unspecified atom stereocenters. The Balaban J connectivity index is 2.11. The SMILES string of the molecule is Cc1ccnc(OC2CCC(C)C(C)C2)c1C#N. The molecule has 0 saturated heterocycles. The van der Waals surface area contributed by atoms with Crippen molar-refractivity contribution in [3.05, 3.63) is 23.4 Å². The third-order valence-electron chi connectivity index (χ3n) is 4.06. The van der Waals surface area contributed by atoms with Crippen molar-refractivity contribution in [2.45, 2.75) is 46.1 Å². The summed E-state index contributed by atoms with van der Waals surface area (Å²) in [5.74, 6) is 1.95. The first kappa shape index (κ1) is 12.9. The van der Waals surface area contributed by atoms with Gasteiger partial charge in [0.05, 0.1) is 0 Å². The standard InChI is InChI=1S/C15H20N2O/c1-10-4-5-13(8-12(10)3)18-15-14(9-16)11(2)6-7-17-15/h6-7,10,12-13H,4-5,8H2,1-3H3. The van der Waals surface area contributed by atoms with E-state index in [0.29, 0.717) is 17.4 Å². The third-order valence-corrected chi connectivity index (χ3v) is 4.06. The molecule has 0 aromatic carbocycles. The number of rotatable bonds is 2. The summed E-state index contributed by atoms with van der Waals surface area (Å²) in [5, 5.41) is 9.15. The molecule has 2 rings (SSSR count).